The van der Waals surface area contributed by atoms with Gasteiger partial charge in [0, 0.05) is 25.7 Å². The van der Waals surface area contributed by atoms with Crippen molar-refractivity contribution in [3.05, 3.63) is 29.8 Å². The third kappa shape index (κ3) is 7.28. The van der Waals surface area contributed by atoms with Crippen LogP contribution in [-0.2, 0) is 11.3 Å². The largest absolute Gasteiger partial charge is 0.484 e. The molecule has 1 atom stereocenters. The number of urea groups is 1. The number of hydrogen-bond donors (Lipinski definition) is 2. The summed E-state index contributed by atoms with van der Waals surface area (Å²) >= 11 is 0. The maximum atomic E-state index is 12.5. The second-order valence-corrected chi connectivity index (χ2v) is 7.16. The van der Waals surface area contributed by atoms with E-state index in [1.54, 1.807) is 17.0 Å². The van der Waals surface area contributed by atoms with Gasteiger partial charge in [-0.2, -0.15) is 13.2 Å². The molecule has 2 N–H and O–H groups in total. The van der Waals surface area contributed by atoms with Gasteiger partial charge in [-0.25, -0.2) is 4.79 Å². The predicted octanol–water partition coefficient (Wildman–Crippen LogP) is 3.07. The number of amides is 3. The first kappa shape index (κ1) is 21.8. The number of ether oxygens (including phenoxy) is 1. The highest BCUT2D eigenvalue weighted by molar-refractivity contribution is 5.80. The van der Waals surface area contributed by atoms with Crippen LogP contribution >= 0.6 is 0 Å². The van der Waals surface area contributed by atoms with Gasteiger partial charge >= 0.3 is 12.2 Å². The average Bonchev–Trinajstić information content (AvgIpc) is 2.64. The summed E-state index contributed by atoms with van der Waals surface area (Å²) in [6.45, 7) is 3.52. The van der Waals surface area contributed by atoms with Crippen LogP contribution in [-0.4, -0.2) is 48.8 Å². The summed E-state index contributed by atoms with van der Waals surface area (Å²) in [4.78, 5) is 26.2. The van der Waals surface area contributed by atoms with Crippen LogP contribution in [0, 0.1) is 5.92 Å². The van der Waals surface area contributed by atoms with Gasteiger partial charge in [-0.1, -0.05) is 12.1 Å². The minimum Gasteiger partial charge on any atom is -0.484 e. The third-order valence-corrected chi connectivity index (χ3v) is 4.26. The molecule has 9 heteroatoms. The molecule has 1 aromatic carbocycles. The van der Waals surface area contributed by atoms with Crippen LogP contribution in [0.25, 0.3) is 0 Å². The number of likely N-dealkylation sites (tertiary alicyclic amines) is 1. The fraction of sp³-hybridized carbons (Fsp3) is 0.579. The van der Waals surface area contributed by atoms with Gasteiger partial charge < -0.3 is 20.3 Å². The first-order valence-electron chi connectivity index (χ1n) is 9.25. The van der Waals surface area contributed by atoms with Crippen LogP contribution in [0.15, 0.2) is 24.3 Å². The molecule has 0 spiro atoms. The van der Waals surface area contributed by atoms with Crippen molar-refractivity contribution in [3.63, 3.8) is 0 Å². The lowest BCUT2D eigenvalue weighted by molar-refractivity contribution is -0.153. The van der Waals surface area contributed by atoms with E-state index in [9.17, 15) is 22.8 Å². The molecule has 156 valence electrons. The van der Waals surface area contributed by atoms with Crippen LogP contribution in [0.1, 0.15) is 32.3 Å². The summed E-state index contributed by atoms with van der Waals surface area (Å²) in [7, 11) is 0. The molecular weight excluding hydrogens is 375 g/mol. The highest BCUT2D eigenvalue weighted by atomic mass is 19.4. The van der Waals surface area contributed by atoms with Crippen molar-refractivity contribution in [2.24, 2.45) is 5.92 Å². The number of nitrogens with one attached hydrogen (secondary N) is 2. The van der Waals surface area contributed by atoms with Gasteiger partial charge in [0.05, 0.1) is 5.92 Å². The average molecular weight is 401 g/mol. The number of piperidine rings is 1. The predicted molar refractivity (Wildman–Crippen MR) is 97.8 cm³/mol. The van der Waals surface area contributed by atoms with E-state index in [1.807, 2.05) is 13.8 Å². The summed E-state index contributed by atoms with van der Waals surface area (Å²) in [5.41, 5.74) is 0.637. The van der Waals surface area contributed by atoms with E-state index in [2.05, 4.69) is 10.6 Å². The third-order valence-electron chi connectivity index (χ3n) is 4.26. The molecule has 1 saturated heterocycles. The molecule has 0 aromatic heterocycles. The van der Waals surface area contributed by atoms with Gasteiger partial charge in [-0.05, 0) is 44.4 Å². The fourth-order valence-corrected chi connectivity index (χ4v) is 2.96. The van der Waals surface area contributed by atoms with E-state index in [0.29, 0.717) is 25.1 Å². The van der Waals surface area contributed by atoms with Crippen molar-refractivity contribution < 1.29 is 27.5 Å². The number of hydrogen-bond acceptors (Lipinski definition) is 3. The lowest BCUT2D eigenvalue weighted by Crippen LogP contribution is -2.50. The van der Waals surface area contributed by atoms with Crippen molar-refractivity contribution in [2.75, 3.05) is 19.7 Å². The van der Waals surface area contributed by atoms with E-state index in [4.69, 9.17) is 4.74 Å². The lowest BCUT2D eigenvalue weighted by Gasteiger charge is -2.32. The Morgan fingerprint density at radius 1 is 1.32 bits per heavy atom. The van der Waals surface area contributed by atoms with Crippen LogP contribution in [0.4, 0.5) is 18.0 Å². The Kier molecular flexibility index (Phi) is 7.53. The Morgan fingerprint density at radius 3 is 2.75 bits per heavy atom. The number of nitrogens with zero attached hydrogens (tertiary/aromatic N) is 1. The molecule has 1 unspecified atom stereocenters. The number of carbonyl (C=O) groups is 2. The van der Waals surface area contributed by atoms with Crippen molar-refractivity contribution >= 4 is 11.9 Å². The molecule has 0 radical (unpaired) electrons. The summed E-state index contributed by atoms with van der Waals surface area (Å²) in [6, 6.07) is 6.02. The van der Waals surface area contributed by atoms with E-state index in [1.165, 1.54) is 12.1 Å². The standard InChI is InChI=1S/C19H26F3N3O3/c1-13(2)24-18(27)25-8-4-6-15(11-25)17(26)23-10-14-5-3-7-16(9-14)28-12-19(20,21)22/h3,5,7,9,13,15H,4,6,8,10-12H2,1-2H3,(H,23,26)(H,24,27). The van der Waals surface area contributed by atoms with E-state index >= 15 is 0 Å². The molecule has 1 aliphatic heterocycles. The van der Waals surface area contributed by atoms with Crippen molar-refractivity contribution in [3.8, 4) is 5.75 Å². The van der Waals surface area contributed by atoms with Crippen LogP contribution in [0.3, 0.4) is 0 Å². The number of halogens is 3. The van der Waals surface area contributed by atoms with Gasteiger partial charge in [-0.15, -0.1) is 0 Å². The zero-order chi connectivity index (χ0) is 20.7. The first-order chi connectivity index (χ1) is 13.1. The Balaban J connectivity index is 1.85. The normalized spacial score (nSPS) is 17.4. The zero-order valence-corrected chi connectivity index (χ0v) is 16.0. The SMILES string of the molecule is CC(C)NC(=O)N1CCCC(C(=O)NCc2cccc(OCC(F)(F)F)c2)C1. The maximum Gasteiger partial charge on any atom is 0.422 e. The minimum absolute atomic E-state index is 0.0218. The zero-order valence-electron chi connectivity index (χ0n) is 16.0. The Hall–Kier alpha value is -2.45. The molecule has 1 aromatic rings. The number of alkyl halides is 3. The molecule has 1 heterocycles. The molecule has 1 aliphatic rings. The highest BCUT2D eigenvalue weighted by Crippen LogP contribution is 2.20. The van der Waals surface area contributed by atoms with Crippen LogP contribution < -0.4 is 15.4 Å². The molecule has 6 nitrogen and oxygen atoms in total. The van der Waals surface area contributed by atoms with E-state index < -0.39 is 12.8 Å². The number of benzene rings is 1. The topological polar surface area (TPSA) is 70.7 Å². The molecule has 28 heavy (non-hydrogen) atoms. The molecule has 2 rings (SSSR count). The molecule has 0 saturated carbocycles. The maximum absolute atomic E-state index is 12.5. The quantitative estimate of drug-likeness (QED) is 0.770. The Labute approximate surface area is 162 Å². The van der Waals surface area contributed by atoms with Gasteiger partial charge in [0.1, 0.15) is 5.75 Å². The summed E-state index contributed by atoms with van der Waals surface area (Å²) in [5.74, 6) is -0.391. The van der Waals surface area contributed by atoms with Crippen molar-refractivity contribution in [1.29, 1.82) is 0 Å². The number of carbonyl (C=O) groups excluding carboxylic acids is 2. The second-order valence-electron chi connectivity index (χ2n) is 7.16. The summed E-state index contributed by atoms with van der Waals surface area (Å²) < 4.78 is 41.5. The highest BCUT2D eigenvalue weighted by Gasteiger charge is 2.29. The van der Waals surface area contributed by atoms with Gasteiger partial charge in [0.15, 0.2) is 6.61 Å². The fourth-order valence-electron chi connectivity index (χ4n) is 2.96. The molecule has 1 fully saturated rings. The molecule has 0 aliphatic carbocycles. The van der Waals surface area contributed by atoms with Gasteiger partial charge in [0.2, 0.25) is 5.91 Å². The van der Waals surface area contributed by atoms with E-state index in [-0.39, 0.29) is 36.2 Å². The summed E-state index contributed by atoms with van der Waals surface area (Å²) in [6.07, 6.45) is -2.98. The minimum atomic E-state index is -4.40. The van der Waals surface area contributed by atoms with Crippen LogP contribution in [0.2, 0.25) is 0 Å². The Bertz CT molecular complexity index is 680. The van der Waals surface area contributed by atoms with Crippen molar-refractivity contribution in [2.45, 2.75) is 45.5 Å². The molecule has 3 amide bonds. The molecular formula is C19H26F3N3O3. The van der Waals surface area contributed by atoms with Gasteiger partial charge in [-0.3, -0.25) is 4.79 Å². The van der Waals surface area contributed by atoms with Crippen molar-refractivity contribution in [1.82, 2.24) is 15.5 Å². The number of rotatable bonds is 6. The second kappa shape index (κ2) is 9.66. The lowest BCUT2D eigenvalue weighted by atomic mass is 9.97. The van der Waals surface area contributed by atoms with E-state index in [0.717, 1.165) is 6.42 Å². The summed E-state index contributed by atoms with van der Waals surface area (Å²) in [5, 5.41) is 5.61. The van der Waals surface area contributed by atoms with Crippen LogP contribution in [0.5, 0.6) is 5.75 Å². The van der Waals surface area contributed by atoms with Gasteiger partial charge in [0.25, 0.3) is 0 Å². The first-order valence-corrected chi connectivity index (χ1v) is 9.25. The smallest absolute Gasteiger partial charge is 0.422 e. The monoisotopic (exact) mass is 401 g/mol. The molecule has 0 bridgehead atoms. The Morgan fingerprint density at radius 2 is 2.07 bits per heavy atom.